The second-order valence-electron chi connectivity index (χ2n) is 7.57. The summed E-state index contributed by atoms with van der Waals surface area (Å²) in [5, 5.41) is 0. The van der Waals surface area contributed by atoms with E-state index in [-0.39, 0.29) is 0 Å². The normalized spacial score (nSPS) is 32.3. The Morgan fingerprint density at radius 3 is 2.27 bits per heavy atom. The molecule has 1 aliphatic carbocycles. The number of hydrogen-bond acceptors (Lipinski definition) is 3. The van der Waals surface area contributed by atoms with Gasteiger partial charge in [-0.15, -0.1) is 11.8 Å². The Bertz CT molecular complexity index is 391. The van der Waals surface area contributed by atoms with Crippen molar-refractivity contribution in [1.82, 2.24) is 9.80 Å². The van der Waals surface area contributed by atoms with Crippen molar-refractivity contribution in [1.29, 1.82) is 0 Å². The lowest BCUT2D eigenvalue weighted by atomic mass is 9.82. The summed E-state index contributed by atoms with van der Waals surface area (Å²) in [6.45, 7) is 8.30. The van der Waals surface area contributed by atoms with Crippen molar-refractivity contribution in [2.45, 2.75) is 57.7 Å². The molecule has 2 aliphatic heterocycles. The molecule has 0 aromatic carbocycles. The molecule has 3 fully saturated rings. The maximum atomic E-state index is 6.26. The van der Waals surface area contributed by atoms with Crippen molar-refractivity contribution >= 4 is 0 Å². The molecule has 0 atom stereocenters. The fraction of sp³-hybridized carbons (Fsp3) is 0.895. The van der Waals surface area contributed by atoms with Crippen molar-refractivity contribution in [3.63, 3.8) is 0 Å². The van der Waals surface area contributed by atoms with Gasteiger partial charge in [-0.2, -0.15) is 0 Å². The lowest BCUT2D eigenvalue weighted by molar-refractivity contribution is -0.0857. The Morgan fingerprint density at radius 1 is 0.955 bits per heavy atom. The summed E-state index contributed by atoms with van der Waals surface area (Å²) in [6.07, 6.45) is 8.56. The van der Waals surface area contributed by atoms with Crippen LogP contribution in [0.25, 0.3) is 0 Å². The SMILES string of the molecule is CC#CC1CC(OC2CCN(CC3CCN(C)CC3)CC2)C1. The van der Waals surface area contributed by atoms with E-state index in [0.717, 1.165) is 18.8 Å². The van der Waals surface area contributed by atoms with E-state index < -0.39 is 0 Å². The molecule has 0 spiro atoms. The van der Waals surface area contributed by atoms with Crippen LogP contribution in [0.3, 0.4) is 0 Å². The summed E-state index contributed by atoms with van der Waals surface area (Å²) < 4.78 is 6.26. The summed E-state index contributed by atoms with van der Waals surface area (Å²) in [7, 11) is 2.25. The molecule has 3 aliphatic rings. The highest BCUT2D eigenvalue weighted by Crippen LogP contribution is 2.32. The van der Waals surface area contributed by atoms with E-state index in [4.69, 9.17) is 4.74 Å². The number of ether oxygens (including phenoxy) is 1. The quantitative estimate of drug-likeness (QED) is 0.743. The third kappa shape index (κ3) is 4.47. The Kier molecular flexibility index (Phi) is 5.79. The van der Waals surface area contributed by atoms with Crippen molar-refractivity contribution in [3.8, 4) is 11.8 Å². The lowest BCUT2D eigenvalue weighted by Gasteiger charge is -2.40. The zero-order chi connectivity index (χ0) is 15.4. The Hall–Kier alpha value is -0.560. The average molecular weight is 304 g/mol. The van der Waals surface area contributed by atoms with E-state index >= 15 is 0 Å². The van der Waals surface area contributed by atoms with Crippen LogP contribution in [0.2, 0.25) is 0 Å². The van der Waals surface area contributed by atoms with Crippen molar-refractivity contribution in [2.24, 2.45) is 11.8 Å². The highest BCUT2D eigenvalue weighted by molar-refractivity contribution is 5.06. The van der Waals surface area contributed by atoms with Gasteiger partial charge in [-0.05, 0) is 71.5 Å². The van der Waals surface area contributed by atoms with Crippen LogP contribution in [0.4, 0.5) is 0 Å². The summed E-state index contributed by atoms with van der Waals surface area (Å²) in [4.78, 5) is 5.15. The molecule has 22 heavy (non-hydrogen) atoms. The van der Waals surface area contributed by atoms with Gasteiger partial charge in [0.1, 0.15) is 0 Å². The Balaban J connectivity index is 1.30. The maximum absolute atomic E-state index is 6.26. The molecule has 0 bridgehead atoms. The lowest BCUT2D eigenvalue weighted by Crippen LogP contribution is -2.44. The Morgan fingerprint density at radius 2 is 1.64 bits per heavy atom. The van der Waals surface area contributed by atoms with E-state index in [2.05, 4.69) is 28.7 Å². The van der Waals surface area contributed by atoms with Gasteiger partial charge in [0.15, 0.2) is 0 Å². The first kappa shape index (κ1) is 16.3. The van der Waals surface area contributed by atoms with Crippen molar-refractivity contribution in [3.05, 3.63) is 0 Å². The van der Waals surface area contributed by atoms with Gasteiger partial charge >= 0.3 is 0 Å². The van der Waals surface area contributed by atoms with Crippen LogP contribution in [0, 0.1) is 23.7 Å². The smallest absolute Gasteiger partial charge is 0.0603 e. The fourth-order valence-corrected chi connectivity index (χ4v) is 4.11. The summed E-state index contributed by atoms with van der Waals surface area (Å²) >= 11 is 0. The van der Waals surface area contributed by atoms with Crippen LogP contribution < -0.4 is 0 Å². The second-order valence-corrected chi connectivity index (χ2v) is 7.57. The minimum atomic E-state index is 0.497. The molecule has 124 valence electrons. The van der Waals surface area contributed by atoms with E-state index in [1.54, 1.807) is 0 Å². The molecule has 3 rings (SSSR count). The van der Waals surface area contributed by atoms with E-state index in [0.29, 0.717) is 18.1 Å². The van der Waals surface area contributed by atoms with Crippen LogP contribution in [0.5, 0.6) is 0 Å². The van der Waals surface area contributed by atoms with Gasteiger partial charge in [0, 0.05) is 25.6 Å². The molecule has 0 radical (unpaired) electrons. The molecule has 0 amide bonds. The molecule has 1 saturated carbocycles. The van der Waals surface area contributed by atoms with Crippen molar-refractivity contribution in [2.75, 3.05) is 39.8 Å². The minimum Gasteiger partial charge on any atom is -0.375 e. The molecule has 0 unspecified atom stereocenters. The third-order valence-corrected chi connectivity index (χ3v) is 5.72. The van der Waals surface area contributed by atoms with Crippen LogP contribution in [-0.4, -0.2) is 61.8 Å². The standard InChI is InChI=1S/C19H32N2O/c1-3-4-17-13-19(14-17)22-18-7-11-21(12-8-18)15-16-5-9-20(2)10-6-16/h16-19H,5-15H2,1-2H3. The summed E-state index contributed by atoms with van der Waals surface area (Å²) in [5.74, 6) is 7.82. The van der Waals surface area contributed by atoms with Crippen LogP contribution in [0.15, 0.2) is 0 Å². The second kappa shape index (κ2) is 7.81. The van der Waals surface area contributed by atoms with Gasteiger partial charge in [-0.1, -0.05) is 0 Å². The topological polar surface area (TPSA) is 15.7 Å². The van der Waals surface area contributed by atoms with Gasteiger partial charge in [-0.3, -0.25) is 0 Å². The average Bonchev–Trinajstić information content (AvgIpc) is 2.49. The van der Waals surface area contributed by atoms with E-state index in [1.165, 1.54) is 58.4 Å². The van der Waals surface area contributed by atoms with Crippen LogP contribution in [0.1, 0.15) is 45.4 Å². The zero-order valence-corrected chi connectivity index (χ0v) is 14.4. The summed E-state index contributed by atoms with van der Waals surface area (Å²) in [6, 6.07) is 0. The number of nitrogens with zero attached hydrogens (tertiary/aromatic N) is 2. The van der Waals surface area contributed by atoms with Gasteiger partial charge < -0.3 is 14.5 Å². The first-order valence-corrected chi connectivity index (χ1v) is 9.21. The van der Waals surface area contributed by atoms with Crippen LogP contribution >= 0.6 is 0 Å². The van der Waals surface area contributed by atoms with Gasteiger partial charge in [-0.25, -0.2) is 0 Å². The maximum Gasteiger partial charge on any atom is 0.0603 e. The highest BCUT2D eigenvalue weighted by Gasteiger charge is 2.32. The molecule has 0 N–H and O–H groups in total. The van der Waals surface area contributed by atoms with Crippen molar-refractivity contribution < 1.29 is 4.74 Å². The number of piperidine rings is 2. The predicted molar refractivity (Wildman–Crippen MR) is 90.7 cm³/mol. The molecular weight excluding hydrogens is 272 g/mol. The van der Waals surface area contributed by atoms with Gasteiger partial charge in [0.05, 0.1) is 12.2 Å². The first-order valence-electron chi connectivity index (χ1n) is 9.21. The van der Waals surface area contributed by atoms with E-state index in [1.807, 2.05) is 6.92 Å². The minimum absolute atomic E-state index is 0.497. The molecule has 0 aromatic rings. The summed E-state index contributed by atoms with van der Waals surface area (Å²) in [5.41, 5.74) is 0. The fourth-order valence-electron chi connectivity index (χ4n) is 4.11. The molecule has 2 heterocycles. The van der Waals surface area contributed by atoms with Gasteiger partial charge in [0.25, 0.3) is 0 Å². The molecular formula is C19H32N2O. The Labute approximate surface area is 136 Å². The molecule has 3 heteroatoms. The molecule has 0 aromatic heterocycles. The predicted octanol–water partition coefficient (Wildman–Crippen LogP) is 2.61. The molecule has 2 saturated heterocycles. The molecule has 3 nitrogen and oxygen atoms in total. The first-order chi connectivity index (χ1) is 10.7. The number of hydrogen-bond donors (Lipinski definition) is 0. The highest BCUT2D eigenvalue weighted by atomic mass is 16.5. The van der Waals surface area contributed by atoms with Gasteiger partial charge in [0.2, 0.25) is 0 Å². The monoisotopic (exact) mass is 304 g/mol. The van der Waals surface area contributed by atoms with E-state index in [9.17, 15) is 0 Å². The zero-order valence-electron chi connectivity index (χ0n) is 14.4. The number of rotatable bonds is 4. The number of likely N-dealkylation sites (tertiary alicyclic amines) is 2. The van der Waals surface area contributed by atoms with Crippen LogP contribution in [-0.2, 0) is 4.74 Å². The third-order valence-electron chi connectivity index (χ3n) is 5.72. The largest absolute Gasteiger partial charge is 0.375 e.